The van der Waals surface area contributed by atoms with Crippen molar-refractivity contribution in [1.29, 1.82) is 0 Å². The van der Waals surface area contributed by atoms with Crippen LogP contribution in [0.5, 0.6) is 0 Å². The molecule has 0 aromatic carbocycles. The van der Waals surface area contributed by atoms with Crippen molar-refractivity contribution in [3.05, 3.63) is 0 Å². The van der Waals surface area contributed by atoms with Crippen LogP contribution in [0.25, 0.3) is 0 Å². The lowest BCUT2D eigenvalue weighted by Gasteiger charge is -2.47. The van der Waals surface area contributed by atoms with Gasteiger partial charge in [0.25, 0.3) is 0 Å². The van der Waals surface area contributed by atoms with Gasteiger partial charge < -0.3 is 34.3 Å². The van der Waals surface area contributed by atoms with Gasteiger partial charge in [-0.15, -0.1) is 0 Å². The number of hydrogen-bond donors (Lipinski definition) is 3. The van der Waals surface area contributed by atoms with Crippen LogP contribution in [0.1, 0.15) is 131 Å². The number of fused-ring (bicyclic) bond motifs is 8. The second-order valence-corrected chi connectivity index (χ2v) is 28.7. The molecule has 17 heteroatoms. The molecule has 9 aliphatic carbocycles. The van der Waals surface area contributed by atoms with E-state index in [0.29, 0.717) is 63.5 Å². The fourth-order valence-corrected chi connectivity index (χ4v) is 21.0. The van der Waals surface area contributed by atoms with Crippen molar-refractivity contribution in [1.82, 2.24) is 9.80 Å². The number of Topliss-reactive ketones (excluding diaryl/α,β-unsaturated/α-hetero) is 2. The van der Waals surface area contributed by atoms with E-state index in [9.17, 15) is 53.7 Å². The first-order valence-electron chi connectivity index (χ1n) is 31.5. The van der Waals surface area contributed by atoms with Crippen LogP contribution in [0.4, 0.5) is 0 Å². The molecular formula is C63H92N2O15. The van der Waals surface area contributed by atoms with Crippen LogP contribution in [0, 0.1) is 142 Å². The van der Waals surface area contributed by atoms with Gasteiger partial charge in [0, 0.05) is 24.9 Å². The Morgan fingerprint density at radius 1 is 0.500 bits per heavy atom. The molecule has 17 nitrogen and oxygen atoms in total. The zero-order valence-electron chi connectivity index (χ0n) is 48.2. The maximum absolute atomic E-state index is 14.9. The highest BCUT2D eigenvalue weighted by Crippen LogP contribution is 2.70. The predicted octanol–water partition coefficient (Wildman–Crippen LogP) is 6.69. The summed E-state index contributed by atoms with van der Waals surface area (Å²) in [6, 6.07) is 0. The molecule has 0 aromatic heterocycles. The average molecular weight is 1120 g/mol. The summed E-state index contributed by atoms with van der Waals surface area (Å²) in [5.74, 6) is -10.6. The molecule has 0 aromatic rings. The van der Waals surface area contributed by atoms with Gasteiger partial charge in [0.15, 0.2) is 0 Å². The zero-order chi connectivity index (χ0) is 56.6. The number of nitrogens with zero attached hydrogens (tertiary/aromatic N) is 2. The minimum absolute atomic E-state index is 0.0202. The van der Waals surface area contributed by atoms with Crippen LogP contribution >= 0.6 is 0 Å². The average Bonchev–Trinajstić information content (AvgIpc) is 4.45. The molecule has 8 bridgehead atoms. The van der Waals surface area contributed by atoms with Gasteiger partial charge in [-0.1, -0.05) is 13.8 Å². The fraction of sp³-hybridized carbons (Fsp3) is 0.873. The summed E-state index contributed by atoms with van der Waals surface area (Å²) in [5, 5.41) is 31.8. The van der Waals surface area contributed by atoms with Crippen LogP contribution < -0.4 is 0 Å². The Morgan fingerprint density at radius 3 is 1.41 bits per heavy atom. The lowest BCUT2D eigenvalue weighted by molar-refractivity contribution is -0.168. The highest BCUT2D eigenvalue weighted by molar-refractivity contribution is 6.08. The molecule has 3 N–H and O–H groups in total. The summed E-state index contributed by atoms with van der Waals surface area (Å²) in [6.45, 7) is 14.7. The number of carboxylic acids is 2. The summed E-state index contributed by atoms with van der Waals surface area (Å²) in [4.78, 5) is 116. The number of esters is 4. The van der Waals surface area contributed by atoms with E-state index in [4.69, 9.17) is 18.9 Å². The van der Waals surface area contributed by atoms with Crippen molar-refractivity contribution in [2.75, 3.05) is 65.7 Å². The molecule has 0 amide bonds. The molecule has 24 atom stereocenters. The molecule has 2 heterocycles. The number of carboxylic acid groups (broad SMARTS) is 2. The number of aliphatic carboxylic acids is 2. The molecule has 444 valence electrons. The van der Waals surface area contributed by atoms with Gasteiger partial charge in [-0.2, -0.15) is 0 Å². The lowest BCUT2D eigenvalue weighted by Crippen LogP contribution is -2.48. The first-order valence-corrected chi connectivity index (χ1v) is 31.5. The van der Waals surface area contributed by atoms with Crippen LogP contribution in [-0.4, -0.2) is 144 Å². The van der Waals surface area contributed by atoms with Crippen LogP contribution in [0.3, 0.4) is 0 Å². The number of rotatable bonds is 22. The lowest BCUT2D eigenvalue weighted by atomic mass is 9.57. The molecule has 11 fully saturated rings. The van der Waals surface area contributed by atoms with Crippen molar-refractivity contribution in [3.63, 3.8) is 0 Å². The molecule has 80 heavy (non-hydrogen) atoms. The Balaban J connectivity index is 0.929. The zero-order valence-corrected chi connectivity index (χ0v) is 48.2. The number of aliphatic hydroxyl groups excluding tert-OH is 1. The van der Waals surface area contributed by atoms with Crippen LogP contribution in [0.15, 0.2) is 0 Å². The molecule has 11 aliphatic rings. The van der Waals surface area contributed by atoms with Crippen molar-refractivity contribution in [2.45, 2.75) is 137 Å². The smallest absolute Gasteiger partial charge is 0.310 e. The standard InChI is InChI=1S/C63H92N2O15/c1-31-33-20-38(50(21-33)60(74)80-63(3,4)5)35(31)24-37-34-22-39(49(23-34)59(73)79-19-16-66)40(37)26-42-43(46-28-45(42)53(57(69)70)54(46)58(71)72)27-44-41(25-36-32(2)51(67)30-52(36)68)47-29-48(44)56(62(76)78-18-15-65-12-8-9-13-65)55(47)61(75)77-17-14-64-10-6-7-11-64/h31-50,53-56,66H,6-30H2,1-5H3,(H,69,70)(H,71,72). The molecule has 24 unspecified atom stereocenters. The topological polar surface area (TPSA) is 241 Å². The Kier molecular flexibility index (Phi) is 16.8. The van der Waals surface area contributed by atoms with Gasteiger partial charge in [0.1, 0.15) is 37.0 Å². The number of carbonyl (C=O) groups is 8. The number of ether oxygens (including phenoxy) is 4. The number of ketones is 2. The van der Waals surface area contributed by atoms with Crippen LogP contribution in [0.2, 0.25) is 0 Å². The van der Waals surface area contributed by atoms with Crippen molar-refractivity contribution in [3.8, 4) is 0 Å². The number of hydrogen-bond acceptors (Lipinski definition) is 15. The van der Waals surface area contributed by atoms with E-state index in [2.05, 4.69) is 16.7 Å². The van der Waals surface area contributed by atoms with Gasteiger partial charge in [0.05, 0.1) is 48.5 Å². The number of likely N-dealkylation sites (tertiary alicyclic amines) is 2. The quantitative estimate of drug-likeness (QED) is 0.0581. The van der Waals surface area contributed by atoms with Crippen LogP contribution in [-0.2, 0) is 57.3 Å². The molecule has 9 saturated carbocycles. The first kappa shape index (κ1) is 57.8. The van der Waals surface area contributed by atoms with E-state index in [1.165, 1.54) is 0 Å². The highest BCUT2D eigenvalue weighted by atomic mass is 16.6. The minimum Gasteiger partial charge on any atom is -0.481 e. The summed E-state index contributed by atoms with van der Waals surface area (Å²) >= 11 is 0. The monoisotopic (exact) mass is 1120 g/mol. The minimum atomic E-state index is -1.13. The summed E-state index contributed by atoms with van der Waals surface area (Å²) < 4.78 is 24.0. The molecule has 0 radical (unpaired) electrons. The maximum Gasteiger partial charge on any atom is 0.310 e. The Morgan fingerprint density at radius 2 is 0.938 bits per heavy atom. The Labute approximate surface area is 472 Å². The third-order valence-electron chi connectivity index (χ3n) is 24.2. The summed E-state index contributed by atoms with van der Waals surface area (Å²) in [5.41, 5.74) is -0.610. The van der Waals surface area contributed by atoms with E-state index in [-0.39, 0.29) is 133 Å². The third-order valence-corrected chi connectivity index (χ3v) is 24.2. The SMILES string of the molecule is CC1C(=O)CC(=O)C1CC1C(CC2C(CC3C(CC4C(C)C5CC(C(=O)OC(C)(C)C)C4C5)C4CC(C(=O)OCCO)C3C4)C3CC2C(C(=O)O)C3C(=O)O)C2CC1C(C(=O)OCCN1CCCC1)C2C(=O)OCCN1CCCC1. The number of carbonyl (C=O) groups excluding carboxylic acids is 6. The maximum atomic E-state index is 14.9. The molecule has 2 aliphatic heterocycles. The largest absolute Gasteiger partial charge is 0.481 e. The predicted molar refractivity (Wildman–Crippen MR) is 288 cm³/mol. The number of aliphatic hydroxyl groups is 1. The fourth-order valence-electron chi connectivity index (χ4n) is 21.0. The third kappa shape index (κ3) is 10.8. The highest BCUT2D eigenvalue weighted by Gasteiger charge is 2.69. The van der Waals surface area contributed by atoms with Gasteiger partial charge in [-0.05, 0) is 232 Å². The van der Waals surface area contributed by atoms with E-state index in [0.717, 1.165) is 77.5 Å². The molecule has 11 rings (SSSR count). The molecular weight excluding hydrogens is 1020 g/mol. The van der Waals surface area contributed by atoms with E-state index < -0.39 is 82.7 Å². The normalized spacial score (nSPS) is 43.5. The Bertz CT molecular complexity index is 2380. The molecule has 2 saturated heterocycles. The van der Waals surface area contributed by atoms with Crippen molar-refractivity contribution < 1.29 is 72.6 Å². The van der Waals surface area contributed by atoms with Crippen molar-refractivity contribution in [2.24, 2.45) is 142 Å². The van der Waals surface area contributed by atoms with Gasteiger partial charge in [-0.3, -0.25) is 48.2 Å². The molecule has 0 spiro atoms. The second-order valence-electron chi connectivity index (χ2n) is 28.7. The van der Waals surface area contributed by atoms with E-state index in [1.807, 2.05) is 27.7 Å². The van der Waals surface area contributed by atoms with Gasteiger partial charge in [-0.25, -0.2) is 0 Å². The van der Waals surface area contributed by atoms with E-state index in [1.54, 1.807) is 0 Å². The van der Waals surface area contributed by atoms with Crippen molar-refractivity contribution >= 4 is 47.4 Å². The van der Waals surface area contributed by atoms with E-state index >= 15 is 0 Å². The summed E-state index contributed by atoms with van der Waals surface area (Å²) in [7, 11) is 0. The summed E-state index contributed by atoms with van der Waals surface area (Å²) in [6.07, 6.45) is 10.7. The second kappa shape index (κ2) is 23.2. The van der Waals surface area contributed by atoms with Gasteiger partial charge >= 0.3 is 35.8 Å². The first-order chi connectivity index (χ1) is 38.2. The van der Waals surface area contributed by atoms with Gasteiger partial charge in [0.2, 0.25) is 0 Å². The Hall–Kier alpha value is -3.96.